The minimum Gasteiger partial charge on any atom is -0.385 e. The molecule has 0 fully saturated rings. The maximum absolute atomic E-state index is 11.6. The van der Waals surface area contributed by atoms with Crippen LogP contribution in [0, 0.1) is 83.1 Å². The Morgan fingerprint density at radius 2 is 0.645 bits per heavy atom. The topological polar surface area (TPSA) is 91.7 Å². The maximum atomic E-state index is 11.6. The number of carbonyl (C=O) groups is 3. The van der Waals surface area contributed by atoms with Gasteiger partial charge in [-0.1, -0.05) is 12.1 Å². The highest BCUT2D eigenvalue weighted by Crippen LogP contribution is 2.57. The first-order valence-corrected chi connectivity index (χ1v) is 22.7. The van der Waals surface area contributed by atoms with Gasteiger partial charge in [0.15, 0.2) is 11.6 Å². The lowest BCUT2D eigenvalue weighted by atomic mass is 9.61. The van der Waals surface area contributed by atoms with Gasteiger partial charge in [0.05, 0.1) is 21.0 Å². The lowest BCUT2D eigenvalue weighted by Crippen LogP contribution is -2.44. The number of fused-ring (bicyclic) bond motifs is 4. The van der Waals surface area contributed by atoms with Gasteiger partial charge in [-0.3, -0.25) is 14.4 Å². The monoisotopic (exact) mass is 902 g/mol. The summed E-state index contributed by atoms with van der Waals surface area (Å²) in [5, 5.41) is 20.0. The molecular weight excluding hydrogens is 835 g/mol. The summed E-state index contributed by atoms with van der Waals surface area (Å²) < 4.78 is 0. The Morgan fingerprint density at radius 3 is 0.839 bits per heavy atom. The maximum Gasteiger partial charge on any atom is 0.218 e. The van der Waals surface area contributed by atoms with Gasteiger partial charge in [0.25, 0.3) is 0 Å². The third-order valence-electron chi connectivity index (χ3n) is 14.1. The number of carbonyl (C=O) groups excluding carboxylic acids is 3. The summed E-state index contributed by atoms with van der Waals surface area (Å²) in [6, 6.07) is 4.48. The molecule has 336 valence electrons. The minimum absolute atomic E-state index is 0.0660. The molecule has 4 aliphatic rings. The normalized spacial score (nSPS) is 22.7. The Bertz CT molecular complexity index is 2180. The van der Waals surface area contributed by atoms with Crippen LogP contribution in [-0.4, -0.2) is 27.0 Å². The second-order valence-corrected chi connectivity index (χ2v) is 21.6. The molecule has 5 nitrogen and oxygen atoms in total. The summed E-state index contributed by atoms with van der Waals surface area (Å²) in [5.41, 5.74) is 25.0. The van der Waals surface area contributed by atoms with Gasteiger partial charge in [-0.15, -0.1) is 23.2 Å². The molecule has 2 N–H and O–H groups in total. The zero-order valence-electron chi connectivity index (χ0n) is 40.7. The summed E-state index contributed by atoms with van der Waals surface area (Å²) in [6.07, 6.45) is 3.41. The van der Waals surface area contributed by atoms with E-state index in [0.29, 0.717) is 0 Å². The smallest absolute Gasteiger partial charge is 0.218 e. The van der Waals surface area contributed by atoms with Gasteiger partial charge in [-0.25, -0.2) is 0 Å². The minimum atomic E-state index is -0.652. The fourth-order valence-electron chi connectivity index (χ4n) is 10.8. The van der Waals surface area contributed by atoms with E-state index in [1.165, 1.54) is 84.8 Å². The van der Waals surface area contributed by atoms with E-state index in [0.717, 1.165) is 70.2 Å². The molecule has 8 rings (SSSR count). The van der Waals surface area contributed by atoms with Crippen LogP contribution in [-0.2, 0) is 51.4 Å². The first-order valence-electron chi connectivity index (χ1n) is 21.6. The molecule has 62 heavy (non-hydrogen) atoms. The van der Waals surface area contributed by atoms with Crippen molar-refractivity contribution in [3.63, 3.8) is 0 Å². The van der Waals surface area contributed by atoms with Gasteiger partial charge in [0, 0.05) is 30.9 Å². The Balaban J connectivity index is 0.000000179. The highest BCUT2D eigenvalue weighted by Gasteiger charge is 2.49. The van der Waals surface area contributed by atoms with Crippen LogP contribution in [0.15, 0.2) is 12.1 Å². The first-order chi connectivity index (χ1) is 28.1. The Labute approximate surface area is 387 Å². The number of hydrogen-bond acceptors (Lipinski definition) is 5. The van der Waals surface area contributed by atoms with Crippen LogP contribution in [0.3, 0.4) is 0 Å². The number of ketones is 2. The number of hydrogen-bond donors (Lipinski definition) is 2. The van der Waals surface area contributed by atoms with E-state index in [1.54, 1.807) is 13.8 Å². The van der Waals surface area contributed by atoms with Crippen molar-refractivity contribution >= 4 is 51.6 Å². The molecule has 4 unspecified atom stereocenters. The lowest BCUT2D eigenvalue weighted by molar-refractivity contribution is -0.109. The van der Waals surface area contributed by atoms with Gasteiger partial charge >= 0.3 is 0 Å². The number of aryl methyl sites for hydroxylation is 4. The average Bonchev–Trinajstić information content (AvgIpc) is 3.09. The molecule has 4 aromatic carbocycles. The predicted octanol–water partition coefficient (Wildman–Crippen LogP) is 13.2. The van der Waals surface area contributed by atoms with Crippen molar-refractivity contribution in [2.24, 2.45) is 0 Å². The van der Waals surface area contributed by atoms with Gasteiger partial charge in [-0.2, -0.15) is 0 Å². The van der Waals surface area contributed by atoms with Crippen molar-refractivity contribution < 1.29 is 24.6 Å². The van der Waals surface area contributed by atoms with E-state index in [9.17, 15) is 24.6 Å². The molecule has 8 heteroatoms. The number of alkyl halides is 2. The predicted molar refractivity (Wildman–Crippen MR) is 260 cm³/mol. The quantitative estimate of drug-likeness (QED) is 0.119. The molecule has 4 aliphatic carbocycles. The molecular formula is C54H69Cl3O5. The summed E-state index contributed by atoms with van der Waals surface area (Å²) in [7, 11) is 0. The molecule has 0 bridgehead atoms. The summed E-state index contributed by atoms with van der Waals surface area (Å²) >= 11 is 17.6. The van der Waals surface area contributed by atoms with E-state index in [1.807, 2.05) is 41.5 Å². The van der Waals surface area contributed by atoms with Crippen LogP contribution < -0.4 is 0 Å². The molecule has 0 aliphatic heterocycles. The lowest BCUT2D eigenvalue weighted by Gasteiger charge is -2.47. The fourth-order valence-corrected chi connectivity index (χ4v) is 11.5. The molecule has 0 amide bonds. The highest BCUT2D eigenvalue weighted by atomic mass is 35.5. The largest absolute Gasteiger partial charge is 0.385 e. The van der Waals surface area contributed by atoms with Gasteiger partial charge in [-0.05, 0) is 260 Å². The summed E-state index contributed by atoms with van der Waals surface area (Å²) in [6.45, 7) is 37.2. The number of rotatable bonds is 2. The number of halogens is 3. The van der Waals surface area contributed by atoms with Crippen molar-refractivity contribution in [2.75, 3.05) is 0 Å². The van der Waals surface area contributed by atoms with Gasteiger partial charge in [0.1, 0.15) is 0 Å². The van der Waals surface area contributed by atoms with Crippen molar-refractivity contribution in [3.05, 3.63) is 135 Å². The first kappa shape index (κ1) is 51.3. The second kappa shape index (κ2) is 17.9. The zero-order valence-corrected chi connectivity index (χ0v) is 43.0. The fraction of sp³-hybridized carbons (Fsp3) is 0.500. The molecule has 0 saturated carbocycles. The Hall–Kier alpha value is -3.32. The number of benzene rings is 4. The second-order valence-electron chi connectivity index (χ2n) is 19.4. The molecule has 0 saturated heterocycles. The van der Waals surface area contributed by atoms with Gasteiger partial charge in [0.2, 0.25) is 5.24 Å². The van der Waals surface area contributed by atoms with Crippen molar-refractivity contribution in [2.45, 2.75) is 178 Å². The van der Waals surface area contributed by atoms with Crippen molar-refractivity contribution in [1.82, 2.24) is 0 Å². The average molecular weight is 904 g/mol. The van der Waals surface area contributed by atoms with Crippen LogP contribution >= 0.6 is 34.8 Å². The molecule has 0 spiro atoms. The number of aliphatic hydroxyl groups is 2. The Kier molecular flexibility index (Phi) is 14.8. The van der Waals surface area contributed by atoms with E-state index in [2.05, 4.69) is 93.0 Å². The molecule has 0 heterocycles. The highest BCUT2D eigenvalue weighted by molar-refractivity contribution is 6.62. The van der Waals surface area contributed by atoms with Crippen molar-refractivity contribution in [3.8, 4) is 0 Å². The van der Waals surface area contributed by atoms with Crippen LogP contribution in [0.1, 0.15) is 180 Å². The van der Waals surface area contributed by atoms with Crippen LogP contribution in [0.2, 0.25) is 0 Å². The molecule has 4 aromatic rings. The van der Waals surface area contributed by atoms with Crippen molar-refractivity contribution in [1.29, 1.82) is 0 Å². The summed E-state index contributed by atoms with van der Waals surface area (Å²) in [5.74, 6) is 0.132. The molecule has 4 atom stereocenters. The molecule has 0 radical (unpaired) electrons. The SMILES string of the molecule is CC(=O)Cl.CC(=O)c1c(C)c(C)c(C(C)=O)c(C)c1C.Cc1c2c(c(C)c3c1C(C)(Cl)C3)C(C)(Cl)C2.Cc1c2c(c(C)c3c1C(C)(O)C3)C(C)(O)C2.Cc1cc(C)c(C)cc1C. The standard InChI is InChI=1S/C14H16Cl2.2C14H18O2.C10H14.C2H3ClO/c2*1-7-9-5-14(4,16)12(9)8(2)10-6-13(3,15)11(7)10;1-7-8(2)14(12(6)16)10(4)9(3)13(7)11(5)15;1-7-5-9(3)10(4)6-8(7)2;1-2(3)4/h5-6H2,1-4H3;15-16H,5-6H2,1-4H3;1-6H3;5-6H,1-4H3;1H3. The third-order valence-corrected chi connectivity index (χ3v) is 14.8. The summed E-state index contributed by atoms with van der Waals surface area (Å²) in [4.78, 5) is 32.1. The van der Waals surface area contributed by atoms with E-state index >= 15 is 0 Å². The van der Waals surface area contributed by atoms with Crippen LogP contribution in [0.4, 0.5) is 0 Å². The van der Waals surface area contributed by atoms with E-state index < -0.39 is 11.2 Å². The third kappa shape index (κ3) is 9.41. The van der Waals surface area contributed by atoms with Crippen LogP contribution in [0.5, 0.6) is 0 Å². The van der Waals surface area contributed by atoms with Gasteiger partial charge < -0.3 is 10.2 Å². The zero-order chi connectivity index (χ0) is 47.7. The number of Topliss-reactive ketones (excluding diaryl/α,β-unsaturated/α-hetero) is 2. The van der Waals surface area contributed by atoms with Crippen LogP contribution in [0.25, 0.3) is 0 Å². The van der Waals surface area contributed by atoms with E-state index in [4.69, 9.17) is 23.2 Å². The Morgan fingerprint density at radius 1 is 0.435 bits per heavy atom. The van der Waals surface area contributed by atoms with E-state index in [-0.39, 0.29) is 26.6 Å². The molecule has 0 aromatic heterocycles.